The lowest BCUT2D eigenvalue weighted by Crippen LogP contribution is -2.28. The van der Waals surface area contributed by atoms with Crippen LogP contribution in [-0.2, 0) is 9.53 Å². The minimum absolute atomic E-state index is 0.0431. The van der Waals surface area contributed by atoms with Gasteiger partial charge >= 0.3 is 5.97 Å². The molecule has 8 nitrogen and oxygen atoms in total. The molecule has 24 heavy (non-hydrogen) atoms. The molecule has 122 valence electrons. The smallest absolute Gasteiger partial charge is 0.374 e. The zero-order valence-electron chi connectivity index (χ0n) is 12.4. The van der Waals surface area contributed by atoms with Gasteiger partial charge in [-0.3, -0.25) is 14.9 Å². The molecule has 1 heterocycles. The summed E-state index contributed by atoms with van der Waals surface area (Å²) < 4.78 is 10.1. The maximum absolute atomic E-state index is 11.8. The lowest BCUT2D eigenvalue weighted by atomic mass is 10.1. The Morgan fingerprint density at radius 1 is 1.25 bits per heavy atom. The quantitative estimate of drug-likeness (QED) is 0.374. The molecular weight excluding hydrogens is 316 g/mol. The summed E-state index contributed by atoms with van der Waals surface area (Å²) in [5.41, 5.74) is 0.509. The molecule has 1 aromatic carbocycles. The van der Waals surface area contributed by atoms with Crippen LogP contribution in [0, 0.1) is 22.5 Å². The van der Waals surface area contributed by atoms with Crippen LogP contribution in [0.2, 0.25) is 0 Å². The van der Waals surface area contributed by atoms with Crippen LogP contribution in [-0.4, -0.2) is 30.0 Å². The average molecular weight is 328 g/mol. The number of esters is 1. The Bertz CT molecular complexity index is 801. The van der Waals surface area contributed by atoms with E-state index in [4.69, 9.17) is 15.6 Å². The Kier molecular flexibility index (Phi) is 5.31. The predicted octanol–water partition coefficient (Wildman–Crippen LogP) is 1.76. The van der Waals surface area contributed by atoms with E-state index in [-0.39, 0.29) is 18.0 Å². The Morgan fingerprint density at radius 2 is 1.96 bits per heavy atom. The van der Waals surface area contributed by atoms with Crippen molar-refractivity contribution in [2.75, 3.05) is 13.2 Å². The van der Waals surface area contributed by atoms with Crippen LogP contribution in [0.5, 0.6) is 0 Å². The largest absolute Gasteiger partial charge is 0.450 e. The van der Waals surface area contributed by atoms with Gasteiger partial charge in [-0.25, -0.2) is 4.79 Å². The van der Waals surface area contributed by atoms with Gasteiger partial charge in [-0.1, -0.05) is 5.92 Å². The second-order valence-electron chi connectivity index (χ2n) is 4.52. The van der Waals surface area contributed by atoms with E-state index in [1.54, 1.807) is 0 Å². The lowest BCUT2D eigenvalue weighted by Gasteiger charge is -2.02. The van der Waals surface area contributed by atoms with E-state index in [9.17, 15) is 19.7 Å². The Labute approximate surface area is 136 Å². The maximum atomic E-state index is 11.8. The van der Waals surface area contributed by atoms with Crippen molar-refractivity contribution in [2.24, 2.45) is 0 Å². The van der Waals surface area contributed by atoms with E-state index in [0.29, 0.717) is 11.3 Å². The summed E-state index contributed by atoms with van der Waals surface area (Å²) >= 11 is 0. The number of nitrogens with one attached hydrogen (secondary N) is 1. The highest BCUT2D eigenvalue weighted by atomic mass is 16.6. The number of nitro benzene ring substituents is 1. The van der Waals surface area contributed by atoms with Gasteiger partial charge in [0.05, 0.1) is 11.5 Å². The second-order valence-corrected chi connectivity index (χ2v) is 4.52. The number of nitrogens with zero attached hydrogens (tertiary/aromatic N) is 1. The number of rotatable bonds is 6. The summed E-state index contributed by atoms with van der Waals surface area (Å²) in [5, 5.41) is 13.0. The summed E-state index contributed by atoms with van der Waals surface area (Å²) in [4.78, 5) is 33.2. The minimum Gasteiger partial charge on any atom is -0.450 e. The molecule has 0 aliphatic rings. The first-order valence-corrected chi connectivity index (χ1v) is 6.73. The van der Waals surface area contributed by atoms with Crippen LogP contribution in [0.3, 0.4) is 0 Å². The Hall–Kier alpha value is -3.60. The van der Waals surface area contributed by atoms with Crippen LogP contribution in [0.1, 0.15) is 10.6 Å². The molecule has 0 radical (unpaired) electrons. The molecule has 0 aliphatic heterocycles. The predicted molar refractivity (Wildman–Crippen MR) is 82.9 cm³/mol. The molecule has 8 heteroatoms. The van der Waals surface area contributed by atoms with Crippen LogP contribution in [0.25, 0.3) is 11.3 Å². The molecule has 0 saturated heterocycles. The number of amides is 1. The number of ether oxygens (including phenoxy) is 1. The van der Waals surface area contributed by atoms with E-state index >= 15 is 0 Å². The fraction of sp³-hybridized carbons (Fsp3) is 0.125. The van der Waals surface area contributed by atoms with Gasteiger partial charge in [-0.15, -0.1) is 6.42 Å². The molecule has 0 fully saturated rings. The van der Waals surface area contributed by atoms with Gasteiger partial charge in [0, 0.05) is 17.7 Å². The minimum atomic E-state index is -0.806. The Balaban J connectivity index is 1.99. The number of nitro groups is 1. The van der Waals surface area contributed by atoms with E-state index in [2.05, 4.69) is 11.2 Å². The zero-order valence-corrected chi connectivity index (χ0v) is 12.4. The summed E-state index contributed by atoms with van der Waals surface area (Å²) in [6.07, 6.45) is 4.98. The molecule has 0 saturated carbocycles. The molecule has 1 amide bonds. The van der Waals surface area contributed by atoms with E-state index < -0.39 is 23.4 Å². The third-order valence-electron chi connectivity index (χ3n) is 2.89. The van der Waals surface area contributed by atoms with Gasteiger partial charge < -0.3 is 14.5 Å². The third-order valence-corrected chi connectivity index (χ3v) is 2.89. The number of hydrogen-bond acceptors (Lipinski definition) is 6. The number of furan rings is 1. The van der Waals surface area contributed by atoms with Crippen molar-refractivity contribution in [3.05, 3.63) is 52.3 Å². The summed E-state index contributed by atoms with van der Waals surface area (Å²) in [5.74, 6) is 1.14. The fourth-order valence-corrected chi connectivity index (χ4v) is 1.75. The fourth-order valence-electron chi connectivity index (χ4n) is 1.75. The van der Waals surface area contributed by atoms with Crippen molar-refractivity contribution in [3.63, 3.8) is 0 Å². The number of carbonyl (C=O) groups excluding carboxylic acids is 2. The highest BCUT2D eigenvalue weighted by Crippen LogP contribution is 2.24. The topological polar surface area (TPSA) is 112 Å². The van der Waals surface area contributed by atoms with Crippen LogP contribution in [0.15, 0.2) is 40.8 Å². The lowest BCUT2D eigenvalue weighted by molar-refractivity contribution is -0.384. The van der Waals surface area contributed by atoms with Crippen molar-refractivity contribution in [1.29, 1.82) is 0 Å². The molecule has 0 spiro atoms. The Morgan fingerprint density at radius 3 is 2.58 bits per heavy atom. The maximum Gasteiger partial charge on any atom is 0.374 e. The van der Waals surface area contributed by atoms with Gasteiger partial charge in [0.1, 0.15) is 5.76 Å². The van der Waals surface area contributed by atoms with Gasteiger partial charge in [0.25, 0.3) is 11.6 Å². The molecule has 1 N–H and O–H groups in total. The molecule has 0 atom stereocenters. The van der Waals surface area contributed by atoms with Crippen molar-refractivity contribution < 1.29 is 23.7 Å². The van der Waals surface area contributed by atoms with Crippen LogP contribution in [0.4, 0.5) is 5.69 Å². The van der Waals surface area contributed by atoms with E-state index in [1.807, 2.05) is 0 Å². The molecular formula is C16H12N2O6. The van der Waals surface area contributed by atoms with Crippen molar-refractivity contribution in [1.82, 2.24) is 5.32 Å². The summed E-state index contributed by atoms with van der Waals surface area (Å²) in [7, 11) is 0. The van der Waals surface area contributed by atoms with Crippen molar-refractivity contribution >= 4 is 17.6 Å². The standard InChI is InChI=1S/C16H12N2O6/c1-2-9-17-15(19)10-23-16(20)14-8-7-13(24-14)11-3-5-12(6-4-11)18(21)22/h1,3-8H,9-10H2,(H,17,19). The monoisotopic (exact) mass is 328 g/mol. The van der Waals surface area contributed by atoms with Crippen molar-refractivity contribution in [3.8, 4) is 23.7 Å². The van der Waals surface area contributed by atoms with E-state index in [1.165, 1.54) is 36.4 Å². The number of hydrogen-bond donors (Lipinski definition) is 1. The van der Waals surface area contributed by atoms with Gasteiger partial charge in [-0.05, 0) is 24.3 Å². The molecule has 1 aromatic heterocycles. The van der Waals surface area contributed by atoms with Crippen LogP contribution >= 0.6 is 0 Å². The molecule has 2 aromatic rings. The normalized spacial score (nSPS) is 9.79. The first-order chi connectivity index (χ1) is 11.5. The van der Waals surface area contributed by atoms with Gasteiger partial charge in [0.15, 0.2) is 6.61 Å². The number of benzene rings is 1. The SMILES string of the molecule is C#CCNC(=O)COC(=O)c1ccc(-c2ccc([N+](=O)[O-])cc2)o1. The summed E-state index contributed by atoms with van der Waals surface area (Å²) in [6, 6.07) is 8.56. The number of carbonyl (C=O) groups is 2. The molecule has 0 bridgehead atoms. The number of non-ortho nitro benzene ring substituents is 1. The van der Waals surface area contributed by atoms with Crippen LogP contribution < -0.4 is 5.32 Å². The first-order valence-electron chi connectivity index (χ1n) is 6.73. The highest BCUT2D eigenvalue weighted by Gasteiger charge is 2.15. The molecule has 0 aliphatic carbocycles. The molecule has 2 rings (SSSR count). The van der Waals surface area contributed by atoms with Crippen molar-refractivity contribution in [2.45, 2.75) is 0 Å². The van der Waals surface area contributed by atoms with Gasteiger partial charge in [-0.2, -0.15) is 0 Å². The second kappa shape index (κ2) is 7.60. The van der Waals surface area contributed by atoms with Gasteiger partial charge in [0.2, 0.25) is 5.76 Å². The van der Waals surface area contributed by atoms with E-state index in [0.717, 1.165) is 0 Å². The third kappa shape index (κ3) is 4.20. The molecule has 0 unspecified atom stereocenters. The zero-order chi connectivity index (χ0) is 17.5. The average Bonchev–Trinajstić information content (AvgIpc) is 3.08. The number of terminal acetylenes is 1. The summed E-state index contributed by atoms with van der Waals surface area (Å²) in [6.45, 7) is -0.435. The first kappa shape index (κ1) is 16.8. The highest BCUT2D eigenvalue weighted by molar-refractivity contribution is 5.89.